The number of nitrogens with zero attached hydrogens (tertiary/aromatic N) is 3. The van der Waals surface area contributed by atoms with Crippen LogP contribution >= 0.6 is 0 Å². The number of carbonyl (C=O) groups excluding carboxylic acids is 1. The molecular formula is C20H23N3O2. The molecule has 2 amide bonds. The van der Waals surface area contributed by atoms with Crippen LogP contribution in [0, 0.1) is 0 Å². The zero-order valence-electron chi connectivity index (χ0n) is 14.6. The minimum Gasteiger partial charge on any atom is -0.481 e. The number of carbonyl (C=O) groups is 1. The summed E-state index contributed by atoms with van der Waals surface area (Å²) >= 11 is 0. The molecule has 5 nitrogen and oxygen atoms in total. The first-order chi connectivity index (χ1) is 12.1. The lowest BCUT2D eigenvalue weighted by Gasteiger charge is -2.37. The smallest absolute Gasteiger partial charge is 0.325 e. The molecule has 2 atom stereocenters. The lowest BCUT2D eigenvalue weighted by Crippen LogP contribution is -2.43. The summed E-state index contributed by atoms with van der Waals surface area (Å²) in [5, 5.41) is 0. The van der Waals surface area contributed by atoms with Gasteiger partial charge >= 0.3 is 6.03 Å². The van der Waals surface area contributed by atoms with Crippen LogP contribution in [0.25, 0.3) is 0 Å². The van der Waals surface area contributed by atoms with Crippen molar-refractivity contribution >= 4 is 11.7 Å². The van der Waals surface area contributed by atoms with E-state index in [1.165, 1.54) is 0 Å². The summed E-state index contributed by atoms with van der Waals surface area (Å²) in [5.74, 6) is 0.774. The maximum Gasteiger partial charge on any atom is 0.325 e. The molecule has 4 rings (SSSR count). The first-order valence-electron chi connectivity index (χ1n) is 8.68. The zero-order chi connectivity index (χ0) is 17.4. The van der Waals surface area contributed by atoms with Crippen molar-refractivity contribution < 1.29 is 9.53 Å². The van der Waals surface area contributed by atoms with Gasteiger partial charge in [0.15, 0.2) is 0 Å². The van der Waals surface area contributed by atoms with Crippen molar-refractivity contribution in [2.75, 3.05) is 38.6 Å². The van der Waals surface area contributed by atoms with Crippen LogP contribution in [-0.4, -0.2) is 55.6 Å². The number of likely N-dealkylation sites (N-methyl/N-ethyl adjacent to an activating group) is 1. The highest BCUT2D eigenvalue weighted by molar-refractivity contribution is 5.97. The van der Waals surface area contributed by atoms with Crippen LogP contribution in [0.5, 0.6) is 5.75 Å². The number of fused-ring (bicyclic) bond motifs is 3. The van der Waals surface area contributed by atoms with Gasteiger partial charge in [-0.15, -0.1) is 0 Å². The lowest BCUT2D eigenvalue weighted by molar-refractivity contribution is 0.159. The first-order valence-corrected chi connectivity index (χ1v) is 8.68. The fraction of sp³-hybridized carbons (Fsp3) is 0.350. The van der Waals surface area contributed by atoms with Gasteiger partial charge < -0.3 is 14.5 Å². The highest BCUT2D eigenvalue weighted by Gasteiger charge is 2.47. The fourth-order valence-corrected chi connectivity index (χ4v) is 3.60. The van der Waals surface area contributed by atoms with Gasteiger partial charge in [0.05, 0.1) is 11.7 Å². The van der Waals surface area contributed by atoms with Crippen molar-refractivity contribution in [2.45, 2.75) is 12.1 Å². The highest BCUT2D eigenvalue weighted by atomic mass is 16.5. The molecule has 1 saturated heterocycles. The molecule has 25 heavy (non-hydrogen) atoms. The number of hydrogen-bond acceptors (Lipinski definition) is 3. The number of hydrogen-bond donors (Lipinski definition) is 0. The van der Waals surface area contributed by atoms with E-state index in [1.807, 2.05) is 66.4 Å². The minimum atomic E-state index is -0.149. The Labute approximate surface area is 148 Å². The van der Waals surface area contributed by atoms with Gasteiger partial charge in [-0.05, 0) is 31.8 Å². The maximum atomic E-state index is 13.1. The van der Waals surface area contributed by atoms with Crippen LogP contribution in [0.3, 0.4) is 0 Å². The minimum absolute atomic E-state index is 0.00744. The molecule has 0 saturated carbocycles. The van der Waals surface area contributed by atoms with Gasteiger partial charge in [-0.1, -0.05) is 42.5 Å². The lowest BCUT2D eigenvalue weighted by atomic mass is 9.99. The molecule has 2 heterocycles. The van der Waals surface area contributed by atoms with E-state index in [4.69, 9.17) is 4.74 Å². The van der Waals surface area contributed by atoms with Crippen LogP contribution in [0.1, 0.15) is 11.7 Å². The number of benzene rings is 2. The van der Waals surface area contributed by atoms with Crippen LogP contribution in [0.4, 0.5) is 10.5 Å². The standard InChI is InChI=1S/C20H23N3O2/c1-21(2)12-13-22-14-17-19(15-8-4-3-5-9-15)25-18-11-7-6-10-16(18)23(17)20(22)24/h3-11,17,19H,12-14H2,1-2H3. The molecule has 1 fully saturated rings. The number of urea groups is 1. The number of rotatable bonds is 4. The van der Waals surface area contributed by atoms with Crippen LogP contribution < -0.4 is 9.64 Å². The molecule has 0 bridgehead atoms. The molecule has 2 aromatic rings. The Morgan fingerprint density at radius 3 is 2.56 bits per heavy atom. The van der Waals surface area contributed by atoms with E-state index in [0.29, 0.717) is 6.54 Å². The van der Waals surface area contributed by atoms with Crippen molar-refractivity contribution in [1.29, 1.82) is 0 Å². The third-order valence-corrected chi connectivity index (χ3v) is 4.89. The monoisotopic (exact) mass is 337 g/mol. The Morgan fingerprint density at radius 2 is 1.80 bits per heavy atom. The maximum absolute atomic E-state index is 13.1. The van der Waals surface area contributed by atoms with E-state index >= 15 is 0 Å². The molecule has 0 aliphatic carbocycles. The Kier molecular flexibility index (Phi) is 4.09. The summed E-state index contributed by atoms with van der Waals surface area (Å²) in [7, 11) is 4.05. The first kappa shape index (κ1) is 16.0. The molecule has 2 aromatic carbocycles. The van der Waals surface area contributed by atoms with Gasteiger partial charge in [0.2, 0.25) is 0 Å². The van der Waals surface area contributed by atoms with Gasteiger partial charge in [-0.3, -0.25) is 4.90 Å². The summed E-state index contributed by atoms with van der Waals surface area (Å²) in [4.78, 5) is 19.0. The van der Waals surface area contributed by atoms with E-state index in [-0.39, 0.29) is 18.2 Å². The van der Waals surface area contributed by atoms with Gasteiger partial charge in [0.25, 0.3) is 0 Å². The Hall–Kier alpha value is -2.53. The predicted octanol–water partition coefficient (Wildman–Crippen LogP) is 2.99. The fourth-order valence-electron chi connectivity index (χ4n) is 3.60. The number of para-hydroxylation sites is 2. The molecule has 2 unspecified atom stereocenters. The van der Waals surface area contributed by atoms with Crippen molar-refractivity contribution in [1.82, 2.24) is 9.80 Å². The SMILES string of the molecule is CN(C)CCN1CC2C(c3ccccc3)Oc3ccccc3N2C1=O. The number of ether oxygens (including phenoxy) is 1. The second-order valence-electron chi connectivity index (χ2n) is 6.89. The Morgan fingerprint density at radius 1 is 1.08 bits per heavy atom. The summed E-state index contributed by atoms with van der Waals surface area (Å²) in [6, 6.07) is 18.1. The second-order valence-corrected chi connectivity index (χ2v) is 6.89. The van der Waals surface area contributed by atoms with E-state index in [0.717, 1.165) is 30.1 Å². The number of amides is 2. The molecular weight excluding hydrogens is 314 g/mol. The normalized spacial score (nSPS) is 22.0. The largest absolute Gasteiger partial charge is 0.481 e. The molecule has 0 N–H and O–H groups in total. The predicted molar refractivity (Wildman–Crippen MR) is 98.0 cm³/mol. The molecule has 5 heteroatoms. The topological polar surface area (TPSA) is 36.0 Å². The molecule has 2 aliphatic heterocycles. The van der Waals surface area contributed by atoms with Gasteiger partial charge in [-0.2, -0.15) is 0 Å². The third kappa shape index (κ3) is 2.85. The van der Waals surface area contributed by atoms with Gasteiger partial charge in [0.1, 0.15) is 11.9 Å². The van der Waals surface area contributed by atoms with Crippen molar-refractivity contribution in [3.63, 3.8) is 0 Å². The summed E-state index contributed by atoms with van der Waals surface area (Å²) in [6.07, 6.45) is -0.149. The van der Waals surface area contributed by atoms with Crippen LogP contribution in [0.15, 0.2) is 54.6 Å². The molecule has 0 radical (unpaired) electrons. The van der Waals surface area contributed by atoms with Crippen molar-refractivity contribution in [3.05, 3.63) is 60.2 Å². The van der Waals surface area contributed by atoms with E-state index in [1.54, 1.807) is 0 Å². The molecule has 130 valence electrons. The van der Waals surface area contributed by atoms with E-state index in [9.17, 15) is 4.79 Å². The van der Waals surface area contributed by atoms with Gasteiger partial charge in [0, 0.05) is 19.6 Å². The zero-order valence-corrected chi connectivity index (χ0v) is 14.6. The molecule has 2 aliphatic rings. The van der Waals surface area contributed by atoms with E-state index < -0.39 is 0 Å². The number of anilines is 1. The van der Waals surface area contributed by atoms with E-state index in [2.05, 4.69) is 17.0 Å². The Balaban J connectivity index is 1.70. The summed E-state index contributed by atoms with van der Waals surface area (Å²) < 4.78 is 6.32. The average Bonchev–Trinajstić information content (AvgIpc) is 2.97. The quantitative estimate of drug-likeness (QED) is 0.860. The van der Waals surface area contributed by atoms with Gasteiger partial charge in [-0.25, -0.2) is 4.79 Å². The van der Waals surface area contributed by atoms with Crippen molar-refractivity contribution in [3.8, 4) is 5.75 Å². The summed E-state index contributed by atoms with van der Waals surface area (Å²) in [6.45, 7) is 2.26. The van der Waals surface area contributed by atoms with Crippen LogP contribution in [-0.2, 0) is 0 Å². The highest BCUT2D eigenvalue weighted by Crippen LogP contribution is 2.44. The van der Waals surface area contributed by atoms with Crippen molar-refractivity contribution in [2.24, 2.45) is 0 Å². The Bertz CT molecular complexity index is 763. The average molecular weight is 337 g/mol. The molecule has 0 spiro atoms. The summed E-state index contributed by atoms with van der Waals surface area (Å²) in [5.41, 5.74) is 1.98. The molecule has 0 aromatic heterocycles. The second kappa shape index (κ2) is 6.41. The third-order valence-electron chi connectivity index (χ3n) is 4.89. The van der Waals surface area contributed by atoms with Crippen LogP contribution in [0.2, 0.25) is 0 Å².